The van der Waals surface area contributed by atoms with Crippen LogP contribution in [0.1, 0.15) is 15.8 Å². The van der Waals surface area contributed by atoms with E-state index in [1.165, 1.54) is 9.75 Å². The van der Waals surface area contributed by atoms with Gasteiger partial charge >= 0.3 is 0 Å². The van der Waals surface area contributed by atoms with Crippen LogP contribution in [0.25, 0.3) is 0 Å². The summed E-state index contributed by atoms with van der Waals surface area (Å²) in [5.41, 5.74) is 7.00. The Morgan fingerprint density at radius 2 is 1.96 bits per heavy atom. The van der Waals surface area contributed by atoms with Gasteiger partial charge in [0.1, 0.15) is 5.75 Å². The molecule has 1 aliphatic heterocycles. The maximum Gasteiger partial charge on any atom is 0.193 e. The minimum absolute atomic E-state index is 0. The number of morpholine rings is 1. The number of rotatable bonds is 6. The van der Waals surface area contributed by atoms with E-state index in [2.05, 4.69) is 34.3 Å². The first kappa shape index (κ1) is 21.9. The molecule has 3 N–H and O–H groups in total. The van der Waals surface area contributed by atoms with Crippen molar-refractivity contribution in [2.24, 2.45) is 10.7 Å². The van der Waals surface area contributed by atoms with Gasteiger partial charge in [0.15, 0.2) is 5.96 Å². The fourth-order valence-corrected chi connectivity index (χ4v) is 3.96. The van der Waals surface area contributed by atoms with Crippen LogP contribution in [0.2, 0.25) is 0 Å². The molecule has 2 heterocycles. The van der Waals surface area contributed by atoms with Crippen LogP contribution in [0, 0.1) is 6.92 Å². The van der Waals surface area contributed by atoms with Gasteiger partial charge in [0.05, 0.1) is 32.9 Å². The van der Waals surface area contributed by atoms with E-state index in [0.717, 1.165) is 37.7 Å². The third-order valence-electron chi connectivity index (χ3n) is 4.37. The zero-order valence-corrected chi connectivity index (χ0v) is 18.8. The van der Waals surface area contributed by atoms with E-state index in [1.807, 2.05) is 35.6 Å². The lowest BCUT2D eigenvalue weighted by atomic mass is 10.2. The number of nitrogens with one attached hydrogen (secondary N) is 1. The van der Waals surface area contributed by atoms with E-state index in [0.29, 0.717) is 12.5 Å². The number of methoxy groups -OCH3 is 1. The van der Waals surface area contributed by atoms with Crippen LogP contribution in [0.3, 0.4) is 0 Å². The van der Waals surface area contributed by atoms with Gasteiger partial charge in [0.2, 0.25) is 0 Å². The lowest BCUT2D eigenvalue weighted by molar-refractivity contribution is 0.0187. The lowest BCUT2D eigenvalue weighted by Crippen LogP contribution is -2.40. The lowest BCUT2D eigenvalue weighted by Gasteiger charge is -2.33. The second-order valence-electron chi connectivity index (χ2n) is 6.19. The molecule has 8 heteroatoms. The molecule has 3 rings (SSSR count). The highest BCUT2D eigenvalue weighted by molar-refractivity contribution is 14.0. The van der Waals surface area contributed by atoms with E-state index < -0.39 is 0 Å². The molecule has 1 saturated heterocycles. The summed E-state index contributed by atoms with van der Waals surface area (Å²) in [7, 11) is 1.65. The number of halogens is 1. The van der Waals surface area contributed by atoms with Crippen molar-refractivity contribution in [3.05, 3.63) is 46.2 Å². The number of aryl methyl sites for hydroxylation is 1. The van der Waals surface area contributed by atoms with Gasteiger partial charge in [-0.3, -0.25) is 9.89 Å². The summed E-state index contributed by atoms with van der Waals surface area (Å²) >= 11 is 1.82. The SMILES string of the molecule is COc1ccc(NC(N)=NCC(c2ccc(C)s2)N2CCOCC2)cc1.I. The fourth-order valence-electron chi connectivity index (χ4n) is 2.95. The highest BCUT2D eigenvalue weighted by atomic mass is 127. The first-order valence-electron chi connectivity index (χ1n) is 8.75. The van der Waals surface area contributed by atoms with E-state index in [4.69, 9.17) is 15.2 Å². The van der Waals surface area contributed by atoms with Crippen molar-refractivity contribution >= 4 is 47.0 Å². The molecule has 0 spiro atoms. The summed E-state index contributed by atoms with van der Waals surface area (Å²) in [5, 5.41) is 3.14. The predicted octanol–water partition coefficient (Wildman–Crippen LogP) is 3.48. The largest absolute Gasteiger partial charge is 0.497 e. The zero-order valence-electron chi connectivity index (χ0n) is 15.7. The number of aliphatic imine (C=N–C) groups is 1. The Bertz CT molecular complexity index is 730. The van der Waals surface area contributed by atoms with Gasteiger partial charge in [0.25, 0.3) is 0 Å². The second kappa shape index (κ2) is 10.8. The number of nitrogens with two attached hydrogens (primary N) is 1. The number of nitrogens with zero attached hydrogens (tertiary/aromatic N) is 2. The van der Waals surface area contributed by atoms with Crippen molar-refractivity contribution in [1.82, 2.24) is 4.90 Å². The topological polar surface area (TPSA) is 72.1 Å². The number of thiophene rings is 1. The minimum atomic E-state index is 0. The Morgan fingerprint density at radius 1 is 1.26 bits per heavy atom. The summed E-state index contributed by atoms with van der Waals surface area (Å²) < 4.78 is 10.7. The summed E-state index contributed by atoms with van der Waals surface area (Å²) in [6.07, 6.45) is 0. The molecule has 148 valence electrons. The monoisotopic (exact) mass is 502 g/mol. The molecule has 1 fully saturated rings. The summed E-state index contributed by atoms with van der Waals surface area (Å²) in [6, 6.07) is 12.2. The molecule has 1 unspecified atom stereocenters. The predicted molar refractivity (Wildman–Crippen MR) is 123 cm³/mol. The molecule has 1 atom stereocenters. The van der Waals surface area contributed by atoms with Crippen LogP contribution in [-0.4, -0.2) is 50.8 Å². The van der Waals surface area contributed by atoms with E-state index in [1.54, 1.807) is 7.11 Å². The summed E-state index contributed by atoms with van der Waals surface area (Å²) in [6.45, 7) is 6.13. The van der Waals surface area contributed by atoms with E-state index in [-0.39, 0.29) is 30.0 Å². The van der Waals surface area contributed by atoms with Crippen LogP contribution < -0.4 is 15.8 Å². The van der Waals surface area contributed by atoms with Gasteiger partial charge in [-0.15, -0.1) is 35.3 Å². The third kappa shape index (κ3) is 6.34. The summed E-state index contributed by atoms with van der Waals surface area (Å²) in [4.78, 5) is 9.67. The molecule has 0 radical (unpaired) electrons. The molecule has 6 nitrogen and oxygen atoms in total. The van der Waals surface area contributed by atoms with Crippen LogP contribution >= 0.6 is 35.3 Å². The zero-order chi connectivity index (χ0) is 18.4. The number of benzene rings is 1. The molecule has 0 saturated carbocycles. The van der Waals surface area contributed by atoms with E-state index >= 15 is 0 Å². The van der Waals surface area contributed by atoms with Crippen LogP contribution in [0.15, 0.2) is 41.4 Å². The van der Waals surface area contributed by atoms with Crippen LogP contribution in [-0.2, 0) is 4.74 Å². The van der Waals surface area contributed by atoms with Gasteiger partial charge in [-0.1, -0.05) is 0 Å². The Kier molecular flexibility index (Phi) is 8.81. The number of ether oxygens (including phenoxy) is 2. The van der Waals surface area contributed by atoms with Crippen LogP contribution in [0.5, 0.6) is 5.75 Å². The average Bonchev–Trinajstić information content (AvgIpc) is 3.09. The molecular weight excluding hydrogens is 475 g/mol. The molecule has 0 amide bonds. The number of guanidine groups is 1. The quantitative estimate of drug-likeness (QED) is 0.360. The highest BCUT2D eigenvalue weighted by Gasteiger charge is 2.23. The van der Waals surface area contributed by atoms with Crippen molar-refractivity contribution in [3.8, 4) is 5.75 Å². The number of hydrogen-bond donors (Lipinski definition) is 2. The molecular formula is C19H27IN4O2S. The Balaban J connectivity index is 0.00000261. The number of anilines is 1. The smallest absolute Gasteiger partial charge is 0.193 e. The first-order valence-corrected chi connectivity index (χ1v) is 9.56. The fraction of sp³-hybridized carbons (Fsp3) is 0.421. The molecule has 1 aromatic heterocycles. The first-order chi connectivity index (χ1) is 12.7. The summed E-state index contributed by atoms with van der Waals surface area (Å²) in [5.74, 6) is 1.23. The molecule has 0 aliphatic carbocycles. The van der Waals surface area contributed by atoms with Gasteiger partial charge in [-0.25, -0.2) is 0 Å². The minimum Gasteiger partial charge on any atom is -0.497 e. The second-order valence-corrected chi connectivity index (χ2v) is 7.51. The molecule has 1 aromatic carbocycles. The molecule has 2 aromatic rings. The number of hydrogen-bond acceptors (Lipinski definition) is 5. The molecule has 1 aliphatic rings. The van der Waals surface area contributed by atoms with Crippen molar-refractivity contribution in [1.29, 1.82) is 0 Å². The highest BCUT2D eigenvalue weighted by Crippen LogP contribution is 2.28. The Labute approximate surface area is 181 Å². The van der Waals surface area contributed by atoms with Crippen molar-refractivity contribution in [2.45, 2.75) is 13.0 Å². The van der Waals surface area contributed by atoms with Crippen molar-refractivity contribution in [3.63, 3.8) is 0 Å². The third-order valence-corrected chi connectivity index (χ3v) is 5.47. The normalized spacial score (nSPS) is 16.4. The van der Waals surface area contributed by atoms with Gasteiger partial charge in [0, 0.05) is 28.5 Å². The Morgan fingerprint density at radius 3 is 2.56 bits per heavy atom. The van der Waals surface area contributed by atoms with Gasteiger partial charge in [-0.2, -0.15) is 0 Å². The Hall–Kier alpha value is -1.36. The average molecular weight is 502 g/mol. The van der Waals surface area contributed by atoms with Gasteiger partial charge in [-0.05, 0) is 43.3 Å². The van der Waals surface area contributed by atoms with Crippen molar-refractivity contribution in [2.75, 3.05) is 45.3 Å². The van der Waals surface area contributed by atoms with Crippen LogP contribution in [0.4, 0.5) is 5.69 Å². The molecule has 27 heavy (non-hydrogen) atoms. The van der Waals surface area contributed by atoms with E-state index in [9.17, 15) is 0 Å². The standard InChI is InChI=1S/C19H26N4O2S.HI/c1-14-3-8-18(26-14)17(23-9-11-25-12-10-23)13-21-19(20)22-15-4-6-16(24-2)7-5-15;/h3-8,17H,9-13H2,1-2H3,(H3,20,21,22);1H. The van der Waals surface area contributed by atoms with Gasteiger partial charge < -0.3 is 20.5 Å². The molecule has 0 bridgehead atoms. The van der Waals surface area contributed by atoms with Crippen molar-refractivity contribution < 1.29 is 9.47 Å². The maximum absolute atomic E-state index is 6.11. The maximum atomic E-state index is 6.11.